The summed E-state index contributed by atoms with van der Waals surface area (Å²) in [6.07, 6.45) is 4.12. The number of hydrogen-bond acceptors (Lipinski definition) is 4. The van der Waals surface area contributed by atoms with E-state index in [-0.39, 0.29) is 22.0 Å². The minimum absolute atomic E-state index is 0.114. The molecule has 32 heavy (non-hydrogen) atoms. The second-order valence-electron chi connectivity index (χ2n) is 10.0. The molecule has 6 heteroatoms. The molecule has 1 fully saturated rings. The van der Waals surface area contributed by atoms with Gasteiger partial charge in [-0.05, 0) is 110 Å². The van der Waals surface area contributed by atoms with Gasteiger partial charge in [-0.1, -0.05) is 33.8 Å². The van der Waals surface area contributed by atoms with Gasteiger partial charge in [0, 0.05) is 17.1 Å². The fourth-order valence-electron chi connectivity index (χ4n) is 4.76. The van der Waals surface area contributed by atoms with Gasteiger partial charge in [-0.15, -0.1) is 0 Å². The van der Waals surface area contributed by atoms with Crippen LogP contribution >= 0.6 is 27.7 Å². The molecule has 4 nitrogen and oxygen atoms in total. The molecule has 1 aliphatic heterocycles. The number of carbonyl (C=O) groups excluding carboxylic acids is 2. The first-order valence-electron chi connectivity index (χ1n) is 10.8. The van der Waals surface area contributed by atoms with E-state index in [2.05, 4.69) is 79.4 Å². The van der Waals surface area contributed by atoms with Gasteiger partial charge in [0.25, 0.3) is 11.1 Å². The van der Waals surface area contributed by atoms with Crippen molar-refractivity contribution in [2.45, 2.75) is 58.3 Å². The maximum Gasteiger partial charge on any atom is 0.290 e. The molecular formula is C26H29BrN2O2S. The average Bonchev–Trinajstić information content (AvgIpc) is 3.01. The van der Waals surface area contributed by atoms with Crippen LogP contribution in [0.4, 0.5) is 10.5 Å². The van der Waals surface area contributed by atoms with Crippen molar-refractivity contribution < 1.29 is 9.59 Å². The lowest BCUT2D eigenvalue weighted by Gasteiger charge is -2.42. The van der Waals surface area contributed by atoms with Crippen molar-refractivity contribution in [1.82, 2.24) is 5.32 Å². The van der Waals surface area contributed by atoms with Crippen LogP contribution in [0.5, 0.6) is 0 Å². The Balaban J connectivity index is 1.92. The summed E-state index contributed by atoms with van der Waals surface area (Å²) in [5.74, 6) is -0.343. The number of halogens is 1. The zero-order valence-electron chi connectivity index (χ0n) is 19.4. The molecule has 2 aliphatic rings. The molecule has 1 saturated heterocycles. The predicted octanol–water partition coefficient (Wildman–Crippen LogP) is 7.14. The van der Waals surface area contributed by atoms with Gasteiger partial charge >= 0.3 is 0 Å². The number of carbonyl (C=O) groups is 2. The van der Waals surface area contributed by atoms with Crippen LogP contribution < -0.4 is 10.6 Å². The Kier molecular flexibility index (Phi) is 5.83. The number of thioether (sulfide) groups is 1. The lowest BCUT2D eigenvalue weighted by atomic mass is 9.62. The van der Waals surface area contributed by atoms with Crippen LogP contribution in [0.1, 0.15) is 62.8 Å². The summed E-state index contributed by atoms with van der Waals surface area (Å²) in [7, 11) is 1.92. The van der Waals surface area contributed by atoms with Crippen molar-refractivity contribution >= 4 is 50.6 Å². The van der Waals surface area contributed by atoms with Gasteiger partial charge in [-0.25, -0.2) is 0 Å². The van der Waals surface area contributed by atoms with E-state index in [9.17, 15) is 9.59 Å². The number of anilines is 1. The highest BCUT2D eigenvalue weighted by Crippen LogP contribution is 2.48. The van der Waals surface area contributed by atoms with Gasteiger partial charge in [0.2, 0.25) is 0 Å². The Morgan fingerprint density at radius 3 is 2.19 bits per heavy atom. The summed E-state index contributed by atoms with van der Waals surface area (Å²) in [5.41, 5.74) is 8.48. The molecule has 1 heterocycles. The maximum absolute atomic E-state index is 12.1. The van der Waals surface area contributed by atoms with Crippen LogP contribution in [-0.4, -0.2) is 18.2 Å². The molecule has 1 aliphatic carbocycles. The molecule has 0 radical (unpaired) electrons. The SMILES string of the molecule is CNc1c(Br)cc(C=C2SC(=O)NC2=O)cc1-c1cc2c(cc1C)C(C)(C)CCC2(C)C. The van der Waals surface area contributed by atoms with Crippen LogP contribution in [0.3, 0.4) is 0 Å². The van der Waals surface area contributed by atoms with Gasteiger partial charge in [-0.2, -0.15) is 0 Å². The Hall–Kier alpha value is -2.05. The van der Waals surface area contributed by atoms with Crippen molar-refractivity contribution in [3.63, 3.8) is 0 Å². The first kappa shape index (κ1) is 23.1. The smallest absolute Gasteiger partial charge is 0.290 e. The number of nitrogens with one attached hydrogen (secondary N) is 2. The summed E-state index contributed by atoms with van der Waals surface area (Å²) >= 11 is 4.64. The number of rotatable bonds is 3. The number of amides is 2. The first-order valence-corrected chi connectivity index (χ1v) is 12.5. The second-order valence-corrected chi connectivity index (χ2v) is 11.9. The lowest BCUT2D eigenvalue weighted by molar-refractivity contribution is -0.115. The zero-order valence-corrected chi connectivity index (χ0v) is 21.8. The molecule has 0 bridgehead atoms. The van der Waals surface area contributed by atoms with Crippen LogP contribution in [0, 0.1) is 6.92 Å². The molecule has 168 valence electrons. The highest BCUT2D eigenvalue weighted by atomic mass is 79.9. The van der Waals surface area contributed by atoms with Gasteiger partial charge in [-0.3, -0.25) is 14.9 Å². The molecule has 0 spiro atoms. The van der Waals surface area contributed by atoms with Gasteiger partial charge in [0.15, 0.2) is 0 Å². The van der Waals surface area contributed by atoms with E-state index in [4.69, 9.17) is 0 Å². The minimum atomic E-state index is -0.343. The molecule has 2 aromatic rings. The second kappa shape index (κ2) is 8.07. The molecular weight excluding hydrogens is 484 g/mol. The third-order valence-electron chi connectivity index (χ3n) is 6.79. The van der Waals surface area contributed by atoms with E-state index in [0.29, 0.717) is 4.91 Å². The van der Waals surface area contributed by atoms with Crippen LogP contribution in [0.15, 0.2) is 33.6 Å². The fourth-order valence-corrected chi connectivity index (χ4v) is 6.12. The number of aryl methyl sites for hydroxylation is 1. The summed E-state index contributed by atoms with van der Waals surface area (Å²) in [6, 6.07) is 8.80. The Morgan fingerprint density at radius 2 is 1.62 bits per heavy atom. The van der Waals surface area contributed by atoms with Crippen LogP contribution in [0.25, 0.3) is 17.2 Å². The van der Waals surface area contributed by atoms with Gasteiger partial charge < -0.3 is 5.32 Å². The van der Waals surface area contributed by atoms with E-state index in [1.54, 1.807) is 6.08 Å². The number of fused-ring (bicyclic) bond motifs is 1. The highest BCUT2D eigenvalue weighted by molar-refractivity contribution is 9.10. The number of benzene rings is 2. The number of hydrogen-bond donors (Lipinski definition) is 2. The highest BCUT2D eigenvalue weighted by Gasteiger charge is 2.37. The maximum atomic E-state index is 12.1. The van der Waals surface area contributed by atoms with Crippen molar-refractivity contribution in [2.75, 3.05) is 12.4 Å². The monoisotopic (exact) mass is 512 g/mol. The van der Waals surface area contributed by atoms with E-state index in [1.807, 2.05) is 13.1 Å². The molecule has 0 atom stereocenters. The minimum Gasteiger partial charge on any atom is -0.387 e. The molecule has 2 amide bonds. The molecule has 4 rings (SSSR count). The number of imide groups is 1. The van der Waals surface area contributed by atoms with Crippen LogP contribution in [-0.2, 0) is 15.6 Å². The van der Waals surface area contributed by atoms with E-state index >= 15 is 0 Å². The Morgan fingerprint density at radius 1 is 1.00 bits per heavy atom. The summed E-state index contributed by atoms with van der Waals surface area (Å²) < 4.78 is 0.913. The average molecular weight is 514 g/mol. The molecule has 2 aromatic carbocycles. The third kappa shape index (κ3) is 4.03. The largest absolute Gasteiger partial charge is 0.387 e. The van der Waals surface area contributed by atoms with Crippen LogP contribution in [0.2, 0.25) is 0 Å². The summed E-state index contributed by atoms with van der Waals surface area (Å²) in [5, 5.41) is 5.33. The molecule has 2 N–H and O–H groups in total. The topological polar surface area (TPSA) is 58.2 Å². The van der Waals surface area contributed by atoms with E-state index in [0.717, 1.165) is 39.5 Å². The van der Waals surface area contributed by atoms with Crippen molar-refractivity contribution in [1.29, 1.82) is 0 Å². The molecule has 0 saturated carbocycles. The lowest BCUT2D eigenvalue weighted by Crippen LogP contribution is -2.34. The standard InChI is InChI=1S/C26H29BrN2O2S/c1-14-9-18-19(26(4,5)8-7-25(18,2)3)13-16(14)17-10-15(11-20(27)22(17)28-6)12-21-23(30)29-24(31)32-21/h9-13,28H,7-8H2,1-6H3,(H,29,30,31). The van der Waals surface area contributed by atoms with Gasteiger partial charge in [0.1, 0.15) is 0 Å². The summed E-state index contributed by atoms with van der Waals surface area (Å²) in [4.78, 5) is 24.0. The predicted molar refractivity (Wildman–Crippen MR) is 138 cm³/mol. The molecule has 0 unspecified atom stereocenters. The van der Waals surface area contributed by atoms with Gasteiger partial charge in [0.05, 0.1) is 10.6 Å². The summed E-state index contributed by atoms with van der Waals surface area (Å²) in [6.45, 7) is 11.5. The Labute approximate surface area is 202 Å². The molecule has 0 aromatic heterocycles. The van der Waals surface area contributed by atoms with Crippen molar-refractivity contribution in [3.8, 4) is 11.1 Å². The zero-order chi connectivity index (χ0) is 23.4. The first-order chi connectivity index (χ1) is 14.9. The quantitative estimate of drug-likeness (QED) is 0.429. The van der Waals surface area contributed by atoms with Crippen molar-refractivity contribution in [3.05, 3.63) is 55.9 Å². The fraction of sp³-hybridized carbons (Fsp3) is 0.385. The Bertz CT molecular complexity index is 1180. The van der Waals surface area contributed by atoms with E-state index in [1.165, 1.54) is 28.7 Å². The third-order valence-corrected chi connectivity index (χ3v) is 8.23. The van der Waals surface area contributed by atoms with E-state index < -0.39 is 0 Å². The van der Waals surface area contributed by atoms with Crippen molar-refractivity contribution in [2.24, 2.45) is 0 Å². The normalized spacial score (nSPS) is 20.3.